The maximum Gasteiger partial charge on any atom is 0.289 e. The van der Waals surface area contributed by atoms with Crippen molar-refractivity contribution < 1.29 is 4.79 Å². The van der Waals surface area contributed by atoms with E-state index in [0.29, 0.717) is 12.4 Å². The molecule has 0 bridgehead atoms. The molecule has 8 nitrogen and oxygen atoms in total. The van der Waals surface area contributed by atoms with Gasteiger partial charge in [0, 0.05) is 11.9 Å². The summed E-state index contributed by atoms with van der Waals surface area (Å²) in [6, 6.07) is 14.1. The van der Waals surface area contributed by atoms with Crippen LogP contribution in [-0.4, -0.2) is 40.5 Å². The van der Waals surface area contributed by atoms with E-state index < -0.39 is 0 Å². The van der Waals surface area contributed by atoms with Gasteiger partial charge in [0.05, 0.1) is 17.6 Å². The van der Waals surface area contributed by atoms with E-state index in [1.54, 1.807) is 0 Å². The number of nitrogens with two attached hydrogens (primary N) is 2. The van der Waals surface area contributed by atoms with Crippen LogP contribution >= 0.6 is 0 Å². The van der Waals surface area contributed by atoms with E-state index in [9.17, 15) is 4.79 Å². The number of fused-ring (bicyclic) bond motifs is 1. The molecule has 1 fully saturated rings. The predicted octanol–water partition coefficient (Wildman–Crippen LogP) is 3.22. The lowest BCUT2D eigenvalue weighted by atomic mass is 9.90. The highest BCUT2D eigenvalue weighted by molar-refractivity contribution is 5.96. The minimum absolute atomic E-state index is 0.0278. The fourth-order valence-corrected chi connectivity index (χ4v) is 4.54. The Labute approximate surface area is 200 Å². The fourth-order valence-electron chi connectivity index (χ4n) is 4.54. The molecular formula is C26H33N7O. The van der Waals surface area contributed by atoms with Crippen LogP contribution in [0.15, 0.2) is 47.5 Å². The van der Waals surface area contributed by atoms with Crippen molar-refractivity contribution in [3.8, 4) is 0 Å². The second-order valence-electron chi connectivity index (χ2n) is 9.01. The number of amides is 1. The third-order valence-electron chi connectivity index (χ3n) is 6.36. The summed E-state index contributed by atoms with van der Waals surface area (Å²) in [5, 5.41) is 7.39. The summed E-state index contributed by atoms with van der Waals surface area (Å²) in [6.07, 6.45) is 4.75. The second kappa shape index (κ2) is 10.5. The third kappa shape index (κ3) is 5.62. The van der Waals surface area contributed by atoms with E-state index in [-0.39, 0.29) is 29.8 Å². The summed E-state index contributed by atoms with van der Waals surface area (Å²) < 4.78 is 0. The number of nitrogens with zero attached hydrogens (tertiary/aromatic N) is 3. The van der Waals surface area contributed by atoms with Gasteiger partial charge in [-0.2, -0.15) is 0 Å². The maximum absolute atomic E-state index is 13.0. The number of guanidine groups is 1. The zero-order valence-electron chi connectivity index (χ0n) is 19.8. The Morgan fingerprint density at radius 2 is 1.88 bits per heavy atom. The number of hydrogen-bond acceptors (Lipinski definition) is 5. The number of aliphatic imine (C=N–C) groups is 1. The van der Waals surface area contributed by atoms with E-state index in [1.165, 1.54) is 11.1 Å². The fraction of sp³-hybridized carbons (Fsp3) is 0.385. The molecule has 1 amide bonds. The van der Waals surface area contributed by atoms with Gasteiger partial charge in [0.1, 0.15) is 5.82 Å². The average molecular weight is 460 g/mol. The summed E-state index contributed by atoms with van der Waals surface area (Å²) >= 11 is 0. The van der Waals surface area contributed by atoms with Crippen LogP contribution in [-0.2, 0) is 6.42 Å². The first kappa shape index (κ1) is 23.5. The number of hydrogen-bond donors (Lipinski definition) is 4. The smallest absolute Gasteiger partial charge is 0.289 e. The van der Waals surface area contributed by atoms with Gasteiger partial charge in [-0.15, -0.1) is 0 Å². The third-order valence-corrected chi connectivity index (χ3v) is 6.36. The standard InChI is InChI=1S/C26H33N7O/c1-16-11-12-20-19(15-16)23(31-21-9-5-6-10-22(21)32-26(27)28)33-24(30-20)25(34)29-14-13-18-8-4-3-7-17(18)2/h3-4,7-8,11-12,15,21-22H,5-6,9-10,13-14H2,1-2H3,(H,29,34)(H4,27,28,32)(H,30,31,33). The summed E-state index contributed by atoms with van der Waals surface area (Å²) in [5.41, 5.74) is 15.6. The van der Waals surface area contributed by atoms with E-state index in [0.717, 1.165) is 48.6 Å². The van der Waals surface area contributed by atoms with Crippen LogP contribution in [0, 0.1) is 13.8 Å². The monoisotopic (exact) mass is 459 g/mol. The van der Waals surface area contributed by atoms with Gasteiger partial charge < -0.3 is 22.1 Å². The highest BCUT2D eigenvalue weighted by atomic mass is 16.2. The Morgan fingerprint density at radius 1 is 1.09 bits per heavy atom. The molecule has 2 aromatic carbocycles. The van der Waals surface area contributed by atoms with Gasteiger partial charge in [0.25, 0.3) is 5.91 Å². The second-order valence-corrected chi connectivity index (χ2v) is 9.01. The summed E-state index contributed by atoms with van der Waals surface area (Å²) in [5.74, 6) is 0.595. The number of anilines is 1. The van der Waals surface area contributed by atoms with Crippen molar-refractivity contribution in [1.29, 1.82) is 0 Å². The Balaban J connectivity index is 1.57. The quantitative estimate of drug-likeness (QED) is 0.317. The molecule has 4 rings (SSSR count). The molecule has 0 spiro atoms. The van der Waals surface area contributed by atoms with Crippen molar-refractivity contribution in [1.82, 2.24) is 15.3 Å². The lowest BCUT2D eigenvalue weighted by molar-refractivity contribution is 0.0944. The highest BCUT2D eigenvalue weighted by Gasteiger charge is 2.26. The topological polar surface area (TPSA) is 131 Å². The number of carbonyl (C=O) groups is 1. The molecule has 6 N–H and O–H groups in total. The number of carbonyl (C=O) groups excluding carboxylic acids is 1. The average Bonchev–Trinajstić information content (AvgIpc) is 2.81. The Hall–Kier alpha value is -3.68. The van der Waals surface area contributed by atoms with Crippen LogP contribution in [0.1, 0.15) is 53.0 Å². The number of rotatable bonds is 7. The molecule has 3 aromatic rings. The number of aryl methyl sites for hydroxylation is 2. The van der Waals surface area contributed by atoms with Crippen molar-refractivity contribution in [2.24, 2.45) is 16.5 Å². The van der Waals surface area contributed by atoms with Crippen molar-refractivity contribution in [3.63, 3.8) is 0 Å². The zero-order valence-corrected chi connectivity index (χ0v) is 19.8. The van der Waals surface area contributed by atoms with Crippen LogP contribution in [0.4, 0.5) is 5.82 Å². The predicted molar refractivity (Wildman–Crippen MR) is 137 cm³/mol. The molecule has 8 heteroatoms. The van der Waals surface area contributed by atoms with Gasteiger partial charge in [-0.3, -0.25) is 4.79 Å². The lowest BCUT2D eigenvalue weighted by Gasteiger charge is -2.30. The molecule has 1 saturated carbocycles. The molecule has 178 valence electrons. The molecule has 0 aliphatic heterocycles. The normalized spacial score (nSPS) is 17.8. The van der Waals surface area contributed by atoms with Crippen molar-refractivity contribution >= 4 is 28.6 Å². The molecule has 2 atom stereocenters. The van der Waals surface area contributed by atoms with Crippen molar-refractivity contribution in [2.45, 2.75) is 58.0 Å². The first-order chi connectivity index (χ1) is 16.4. The summed E-state index contributed by atoms with van der Waals surface area (Å²) in [4.78, 5) is 26.6. The summed E-state index contributed by atoms with van der Waals surface area (Å²) in [6.45, 7) is 4.61. The number of nitrogens with one attached hydrogen (secondary N) is 2. The van der Waals surface area contributed by atoms with Crippen LogP contribution < -0.4 is 22.1 Å². The highest BCUT2D eigenvalue weighted by Crippen LogP contribution is 2.28. The molecule has 1 heterocycles. The van der Waals surface area contributed by atoms with E-state index in [1.807, 2.05) is 37.3 Å². The number of benzene rings is 2. The van der Waals surface area contributed by atoms with E-state index >= 15 is 0 Å². The minimum Gasteiger partial charge on any atom is -0.370 e. The van der Waals surface area contributed by atoms with Gasteiger partial charge in [0.2, 0.25) is 5.82 Å². The van der Waals surface area contributed by atoms with Gasteiger partial charge in [0.15, 0.2) is 5.96 Å². The summed E-state index contributed by atoms with van der Waals surface area (Å²) in [7, 11) is 0. The largest absolute Gasteiger partial charge is 0.370 e. The zero-order chi connectivity index (χ0) is 24.1. The molecule has 34 heavy (non-hydrogen) atoms. The molecule has 1 aromatic heterocycles. The van der Waals surface area contributed by atoms with Crippen molar-refractivity contribution in [2.75, 3.05) is 11.9 Å². The SMILES string of the molecule is Cc1ccc2nc(C(=O)NCCc3ccccc3C)nc(NC3CCCCC3N=C(N)N)c2c1. The molecule has 1 aliphatic carbocycles. The first-order valence-corrected chi connectivity index (χ1v) is 11.9. The van der Waals surface area contributed by atoms with Crippen LogP contribution in [0.5, 0.6) is 0 Å². The lowest BCUT2D eigenvalue weighted by Crippen LogP contribution is -2.38. The van der Waals surface area contributed by atoms with Gasteiger partial charge >= 0.3 is 0 Å². The van der Waals surface area contributed by atoms with Crippen LogP contribution in [0.25, 0.3) is 10.9 Å². The molecule has 0 saturated heterocycles. The maximum atomic E-state index is 13.0. The van der Waals surface area contributed by atoms with Gasteiger partial charge in [-0.1, -0.05) is 48.7 Å². The van der Waals surface area contributed by atoms with E-state index in [2.05, 4.69) is 44.7 Å². The first-order valence-electron chi connectivity index (χ1n) is 11.9. The van der Waals surface area contributed by atoms with Crippen LogP contribution in [0.3, 0.4) is 0 Å². The van der Waals surface area contributed by atoms with Gasteiger partial charge in [-0.25, -0.2) is 15.0 Å². The minimum atomic E-state index is -0.288. The number of aromatic nitrogens is 2. The molecule has 0 radical (unpaired) electrons. The molecule has 1 aliphatic rings. The van der Waals surface area contributed by atoms with Crippen LogP contribution in [0.2, 0.25) is 0 Å². The molecule has 2 unspecified atom stereocenters. The Morgan fingerprint density at radius 3 is 2.68 bits per heavy atom. The Bertz CT molecular complexity index is 1200. The Kier molecular flexibility index (Phi) is 7.25. The van der Waals surface area contributed by atoms with Crippen molar-refractivity contribution in [3.05, 3.63) is 65.0 Å². The van der Waals surface area contributed by atoms with E-state index in [4.69, 9.17) is 11.5 Å². The molecular weight excluding hydrogens is 426 g/mol. The van der Waals surface area contributed by atoms with Gasteiger partial charge in [-0.05, 0) is 56.4 Å².